The number of carbonyl (C=O) groups is 1. The van der Waals surface area contributed by atoms with Crippen LogP contribution in [0.25, 0.3) is 0 Å². The van der Waals surface area contributed by atoms with Crippen molar-refractivity contribution in [2.75, 3.05) is 22.9 Å². The predicted molar refractivity (Wildman–Crippen MR) is 184 cm³/mol. The molecule has 6 rings (SSSR count). The van der Waals surface area contributed by atoms with Crippen molar-refractivity contribution in [3.8, 4) is 0 Å². The van der Waals surface area contributed by atoms with Crippen LogP contribution < -0.4 is 9.80 Å². The standard InChI is InChI=1S/C35H34Cl2N2O.C2H4NO/c1-3-5-19-38-29-13-9-7-11-23(29)21-25-31(38)17-15-27(36)33(25)35(40)34-26-22-24-12-8-10-14-30(24)39(20-6-4-2)32(26)18-16-28(34)37;1-2-3-4/h7-18H,3-6,19-22H2,1-2H3;4H,1H3. The van der Waals surface area contributed by atoms with Crippen LogP contribution in [0, 0.1) is 0 Å². The van der Waals surface area contributed by atoms with Gasteiger partial charge in [-0.25, -0.2) is 0 Å². The number of ketones is 1. The van der Waals surface area contributed by atoms with E-state index < -0.39 is 0 Å². The maximum absolute atomic E-state index is 14.7. The average Bonchev–Trinajstić information content (AvgIpc) is 3.04. The van der Waals surface area contributed by atoms with E-state index in [9.17, 15) is 4.79 Å². The molecule has 0 saturated heterocycles. The summed E-state index contributed by atoms with van der Waals surface area (Å²) in [6.07, 6.45) is 7.74. The van der Waals surface area contributed by atoms with E-state index in [1.807, 2.05) is 12.1 Å². The second-order valence-electron chi connectivity index (χ2n) is 11.1. The monoisotopic (exact) mass is 626 g/mol. The summed E-state index contributed by atoms with van der Waals surface area (Å²) in [5.41, 5.74) is 10.1. The molecule has 0 atom stereocenters. The zero-order valence-corrected chi connectivity index (χ0v) is 27.0. The molecular formula is C37H38Cl2N3O2. The van der Waals surface area contributed by atoms with Gasteiger partial charge < -0.3 is 15.0 Å². The molecule has 0 amide bonds. The molecule has 0 unspecified atom stereocenters. The second-order valence-corrected chi connectivity index (χ2v) is 11.9. The summed E-state index contributed by atoms with van der Waals surface area (Å²) in [4.78, 5) is 19.4. The molecule has 4 aromatic carbocycles. The van der Waals surface area contributed by atoms with Crippen molar-refractivity contribution >= 4 is 57.9 Å². The molecule has 227 valence electrons. The molecule has 2 aliphatic heterocycles. The third kappa shape index (κ3) is 6.09. The molecule has 1 N–H and O–H groups in total. The Balaban J connectivity index is 0.000000906. The summed E-state index contributed by atoms with van der Waals surface area (Å²) in [5, 5.41) is 10.8. The Morgan fingerprint density at radius 2 is 1.14 bits per heavy atom. The minimum absolute atomic E-state index is 0.0895. The van der Waals surface area contributed by atoms with Gasteiger partial charge in [-0.1, -0.05) is 91.4 Å². The number of carbonyl (C=O) groups excluding carboxylic acids is 1. The summed E-state index contributed by atoms with van der Waals surface area (Å²) < 4.78 is 0. The highest BCUT2D eigenvalue weighted by Crippen LogP contribution is 2.46. The predicted octanol–water partition coefficient (Wildman–Crippen LogP) is 10.3. The van der Waals surface area contributed by atoms with Crippen LogP contribution in [0.2, 0.25) is 10.0 Å². The number of rotatable bonds is 8. The number of benzene rings is 4. The number of halogens is 2. The van der Waals surface area contributed by atoms with Gasteiger partial charge in [0.15, 0.2) is 5.78 Å². The Labute approximate surface area is 270 Å². The number of hydrogen-bond acceptors (Lipinski definition) is 5. The topological polar surface area (TPSA) is 56.1 Å². The van der Waals surface area contributed by atoms with Gasteiger partial charge in [0, 0.05) is 59.8 Å². The van der Waals surface area contributed by atoms with Crippen LogP contribution in [-0.2, 0) is 12.8 Å². The molecule has 0 bridgehead atoms. The highest BCUT2D eigenvalue weighted by molar-refractivity contribution is 6.39. The molecule has 0 aromatic heterocycles. The third-order valence-corrected chi connectivity index (χ3v) is 9.01. The van der Waals surface area contributed by atoms with Crippen molar-refractivity contribution in [2.24, 2.45) is 5.16 Å². The zero-order valence-electron chi connectivity index (χ0n) is 25.5. The molecule has 4 aromatic rings. The van der Waals surface area contributed by atoms with E-state index in [4.69, 9.17) is 28.4 Å². The summed E-state index contributed by atoms with van der Waals surface area (Å²) in [5.74, 6) is -0.0895. The molecule has 2 aliphatic rings. The van der Waals surface area contributed by atoms with Crippen molar-refractivity contribution in [3.63, 3.8) is 0 Å². The lowest BCUT2D eigenvalue weighted by Crippen LogP contribution is -2.27. The van der Waals surface area contributed by atoms with E-state index in [-0.39, 0.29) is 5.78 Å². The lowest BCUT2D eigenvalue weighted by Gasteiger charge is -2.36. The van der Waals surface area contributed by atoms with Crippen molar-refractivity contribution < 1.29 is 10.0 Å². The first-order chi connectivity index (χ1) is 21.4. The van der Waals surface area contributed by atoms with Gasteiger partial charge in [-0.3, -0.25) is 4.79 Å². The lowest BCUT2D eigenvalue weighted by atomic mass is 9.85. The molecule has 0 fully saturated rings. The maximum atomic E-state index is 14.7. The minimum Gasteiger partial charge on any atom is -0.411 e. The average molecular weight is 628 g/mol. The summed E-state index contributed by atoms with van der Waals surface area (Å²) in [6, 6.07) is 24.9. The van der Waals surface area contributed by atoms with Crippen LogP contribution in [0.15, 0.2) is 78.0 Å². The van der Waals surface area contributed by atoms with Crippen LogP contribution in [0.4, 0.5) is 22.7 Å². The minimum atomic E-state index is -0.0895. The van der Waals surface area contributed by atoms with Gasteiger partial charge >= 0.3 is 0 Å². The van der Waals surface area contributed by atoms with E-state index >= 15 is 0 Å². The largest absolute Gasteiger partial charge is 0.411 e. The van der Waals surface area contributed by atoms with Crippen molar-refractivity contribution in [2.45, 2.75) is 59.3 Å². The lowest BCUT2D eigenvalue weighted by molar-refractivity contribution is 0.103. The van der Waals surface area contributed by atoms with Crippen LogP contribution in [0.5, 0.6) is 0 Å². The van der Waals surface area contributed by atoms with Gasteiger partial charge in [0.05, 0.1) is 10.0 Å². The van der Waals surface area contributed by atoms with Crippen molar-refractivity contribution in [1.29, 1.82) is 0 Å². The van der Waals surface area contributed by atoms with Crippen LogP contribution in [-0.4, -0.2) is 30.3 Å². The van der Waals surface area contributed by atoms with Crippen LogP contribution >= 0.6 is 23.2 Å². The van der Waals surface area contributed by atoms with E-state index in [0.29, 0.717) is 34.0 Å². The van der Waals surface area contributed by atoms with E-state index in [0.717, 1.165) is 61.3 Å². The summed E-state index contributed by atoms with van der Waals surface area (Å²) in [6.45, 7) is 7.70. The fourth-order valence-electron chi connectivity index (χ4n) is 6.30. The Morgan fingerprint density at radius 3 is 1.52 bits per heavy atom. The molecule has 44 heavy (non-hydrogen) atoms. The Hall–Kier alpha value is -3.80. The van der Waals surface area contributed by atoms with Gasteiger partial charge in [0.25, 0.3) is 0 Å². The van der Waals surface area contributed by atoms with Gasteiger partial charge in [-0.05, 0) is 78.4 Å². The Morgan fingerprint density at radius 1 is 0.727 bits per heavy atom. The molecular weight excluding hydrogens is 589 g/mol. The molecule has 0 aliphatic carbocycles. The summed E-state index contributed by atoms with van der Waals surface area (Å²) in [7, 11) is 0. The van der Waals surface area contributed by atoms with Crippen LogP contribution in [0.1, 0.15) is 84.6 Å². The van der Waals surface area contributed by atoms with Gasteiger partial charge in [-0.2, -0.15) is 0 Å². The fourth-order valence-corrected chi connectivity index (χ4v) is 6.82. The van der Waals surface area contributed by atoms with E-state index in [1.54, 1.807) is 0 Å². The number of hydrogen-bond donors (Lipinski definition) is 1. The first-order valence-electron chi connectivity index (χ1n) is 15.3. The number of anilines is 4. The van der Waals surface area contributed by atoms with Crippen LogP contribution in [0.3, 0.4) is 0 Å². The number of fused-ring (bicyclic) bond motifs is 4. The van der Waals surface area contributed by atoms with Gasteiger partial charge in [0.2, 0.25) is 0 Å². The Bertz CT molecular complexity index is 1560. The third-order valence-electron chi connectivity index (χ3n) is 8.38. The first-order valence-corrected chi connectivity index (χ1v) is 16.1. The number of nitrogens with zero attached hydrogens (tertiary/aromatic N) is 3. The van der Waals surface area contributed by atoms with E-state index in [1.165, 1.54) is 29.4 Å². The molecule has 1 radical (unpaired) electrons. The fraction of sp³-hybridized carbons (Fsp3) is 0.297. The van der Waals surface area contributed by atoms with Gasteiger partial charge in [-0.15, -0.1) is 0 Å². The highest BCUT2D eigenvalue weighted by atomic mass is 35.5. The van der Waals surface area contributed by atoms with E-state index in [2.05, 4.69) is 95.7 Å². The summed E-state index contributed by atoms with van der Waals surface area (Å²) >= 11 is 13.8. The molecule has 5 nitrogen and oxygen atoms in total. The molecule has 0 spiro atoms. The Kier molecular flexibility index (Phi) is 10.3. The maximum Gasteiger partial charge on any atom is 0.196 e. The molecule has 7 heteroatoms. The molecule has 2 heterocycles. The van der Waals surface area contributed by atoms with Gasteiger partial charge in [0.1, 0.15) is 6.21 Å². The zero-order chi connectivity index (χ0) is 31.2. The highest BCUT2D eigenvalue weighted by Gasteiger charge is 2.33. The van der Waals surface area contributed by atoms with Crippen molar-refractivity contribution in [3.05, 3.63) is 116 Å². The van der Waals surface area contributed by atoms with Crippen molar-refractivity contribution in [1.82, 2.24) is 0 Å². The normalized spacial score (nSPS) is 13.0. The smallest absolute Gasteiger partial charge is 0.196 e. The SMILES string of the molecule is CCCCN1c2ccccc2Cc2c1ccc(Cl)c2C(=O)c1c(Cl)ccc2c1Cc1ccccc1N2CCCC.C[C]=NO. The second kappa shape index (κ2) is 14.3. The number of unbranched alkanes of at least 4 members (excludes halogenated alkanes) is 2. The quantitative estimate of drug-likeness (QED) is 0.0914. The number of para-hydroxylation sites is 2. The first kappa shape index (κ1) is 31.6. The molecule has 0 saturated carbocycles.